The highest BCUT2D eigenvalue weighted by Crippen LogP contribution is 1.90. The van der Waals surface area contributed by atoms with E-state index in [9.17, 15) is 19.2 Å². The molecule has 0 aromatic heterocycles. The maximum atomic E-state index is 10.2. The SMILES string of the molecule is CCCC(=O)O.O=C(O)CCC(=O)C(=O)O. The fourth-order valence-corrected chi connectivity index (χ4v) is 0.541. The van der Waals surface area contributed by atoms with E-state index in [1.165, 1.54) is 0 Å². The van der Waals surface area contributed by atoms with E-state index in [-0.39, 0.29) is 0 Å². The van der Waals surface area contributed by atoms with Crippen LogP contribution in [0.5, 0.6) is 0 Å². The molecule has 0 spiro atoms. The smallest absolute Gasteiger partial charge is 0.372 e. The summed E-state index contributed by atoms with van der Waals surface area (Å²) in [5.41, 5.74) is 0. The summed E-state index contributed by atoms with van der Waals surface area (Å²) in [5, 5.41) is 23.9. The second-order valence-electron chi connectivity index (χ2n) is 2.77. The molecule has 0 rings (SSSR count). The summed E-state index contributed by atoms with van der Waals surface area (Å²) < 4.78 is 0. The van der Waals surface area contributed by atoms with Gasteiger partial charge >= 0.3 is 17.9 Å². The van der Waals surface area contributed by atoms with Gasteiger partial charge in [0.15, 0.2) is 0 Å². The Kier molecular flexibility index (Phi) is 9.93. The highest BCUT2D eigenvalue weighted by molar-refractivity contribution is 6.32. The van der Waals surface area contributed by atoms with Crippen molar-refractivity contribution in [1.29, 1.82) is 0 Å². The fourth-order valence-electron chi connectivity index (χ4n) is 0.541. The summed E-state index contributed by atoms with van der Waals surface area (Å²) in [6, 6.07) is 0. The topological polar surface area (TPSA) is 129 Å². The maximum absolute atomic E-state index is 10.2. The Morgan fingerprint density at radius 1 is 0.812 bits per heavy atom. The summed E-state index contributed by atoms with van der Waals surface area (Å²) in [6.07, 6.45) is 0.158. The molecular formula is C9H14O7. The maximum Gasteiger partial charge on any atom is 0.372 e. The van der Waals surface area contributed by atoms with Gasteiger partial charge in [0, 0.05) is 12.8 Å². The number of Topliss-reactive ketones (excluding diaryl/α,β-unsaturated/α-hetero) is 1. The molecular weight excluding hydrogens is 220 g/mol. The van der Waals surface area contributed by atoms with Crippen LogP contribution in [0.2, 0.25) is 0 Å². The van der Waals surface area contributed by atoms with Gasteiger partial charge in [-0.3, -0.25) is 14.4 Å². The van der Waals surface area contributed by atoms with E-state index in [0.717, 1.165) is 6.42 Å². The molecule has 0 fully saturated rings. The van der Waals surface area contributed by atoms with Crippen molar-refractivity contribution in [3.05, 3.63) is 0 Å². The quantitative estimate of drug-likeness (QED) is 0.566. The minimum Gasteiger partial charge on any atom is -0.481 e. The summed E-state index contributed by atoms with van der Waals surface area (Å²) in [6.45, 7) is 1.84. The predicted molar refractivity (Wildman–Crippen MR) is 52.1 cm³/mol. The largest absolute Gasteiger partial charge is 0.481 e. The molecule has 0 amide bonds. The number of carboxylic acid groups (broad SMARTS) is 3. The Balaban J connectivity index is 0. The number of rotatable bonds is 6. The molecule has 0 aliphatic rings. The lowest BCUT2D eigenvalue weighted by Crippen LogP contribution is -2.13. The van der Waals surface area contributed by atoms with Gasteiger partial charge in [0.2, 0.25) is 5.78 Å². The molecule has 16 heavy (non-hydrogen) atoms. The number of hydrogen-bond donors (Lipinski definition) is 3. The number of carbonyl (C=O) groups is 4. The number of aliphatic carboxylic acids is 3. The molecule has 0 bridgehead atoms. The highest BCUT2D eigenvalue weighted by Gasteiger charge is 2.12. The molecule has 0 aliphatic heterocycles. The first-order valence-electron chi connectivity index (χ1n) is 4.51. The second kappa shape index (κ2) is 9.63. The second-order valence-corrected chi connectivity index (χ2v) is 2.77. The Morgan fingerprint density at radius 2 is 1.25 bits per heavy atom. The van der Waals surface area contributed by atoms with Crippen LogP contribution in [0.25, 0.3) is 0 Å². The minimum atomic E-state index is -1.58. The van der Waals surface area contributed by atoms with Crippen LogP contribution in [-0.4, -0.2) is 39.0 Å². The summed E-state index contributed by atoms with van der Waals surface area (Å²) >= 11 is 0. The van der Waals surface area contributed by atoms with Gasteiger partial charge in [-0.25, -0.2) is 4.79 Å². The summed E-state index contributed by atoms with van der Waals surface area (Å²) in [7, 11) is 0. The van der Waals surface area contributed by atoms with Crippen LogP contribution in [0.3, 0.4) is 0 Å². The molecule has 0 saturated carbocycles. The molecule has 0 saturated heterocycles. The minimum absolute atomic E-state index is 0.292. The number of ketones is 1. The van der Waals surface area contributed by atoms with E-state index in [0.29, 0.717) is 6.42 Å². The lowest BCUT2D eigenvalue weighted by molar-refractivity contribution is -0.149. The summed E-state index contributed by atoms with van der Waals surface area (Å²) in [5.74, 6) is -4.53. The van der Waals surface area contributed by atoms with Crippen molar-refractivity contribution < 1.29 is 34.5 Å². The third-order valence-electron chi connectivity index (χ3n) is 1.27. The van der Waals surface area contributed by atoms with E-state index >= 15 is 0 Å². The molecule has 0 aromatic carbocycles. The first kappa shape index (κ1) is 16.5. The normalized spacial score (nSPS) is 8.56. The van der Waals surface area contributed by atoms with Gasteiger partial charge in [-0.05, 0) is 6.42 Å². The van der Waals surface area contributed by atoms with E-state index < -0.39 is 36.5 Å². The Bertz CT molecular complexity index is 269. The van der Waals surface area contributed by atoms with Crippen LogP contribution in [0.4, 0.5) is 0 Å². The molecule has 7 heteroatoms. The Morgan fingerprint density at radius 3 is 1.44 bits per heavy atom. The van der Waals surface area contributed by atoms with Crippen LogP contribution in [0.1, 0.15) is 32.6 Å². The van der Waals surface area contributed by atoms with Gasteiger partial charge in [0.25, 0.3) is 0 Å². The molecule has 0 aromatic rings. The third kappa shape index (κ3) is 14.6. The molecule has 0 atom stereocenters. The first-order chi connectivity index (χ1) is 7.31. The van der Waals surface area contributed by atoms with Crippen molar-refractivity contribution in [3.63, 3.8) is 0 Å². The predicted octanol–water partition coefficient (Wildman–Crippen LogP) is 0.376. The number of carboxylic acids is 3. The monoisotopic (exact) mass is 234 g/mol. The molecule has 3 N–H and O–H groups in total. The van der Waals surface area contributed by atoms with Gasteiger partial charge in [-0.2, -0.15) is 0 Å². The van der Waals surface area contributed by atoms with E-state index in [1.807, 2.05) is 6.92 Å². The molecule has 92 valence electrons. The fraction of sp³-hybridized carbons (Fsp3) is 0.556. The van der Waals surface area contributed by atoms with E-state index in [2.05, 4.69) is 0 Å². The van der Waals surface area contributed by atoms with Gasteiger partial charge in [-0.15, -0.1) is 0 Å². The van der Waals surface area contributed by atoms with Crippen LogP contribution >= 0.6 is 0 Å². The number of carbonyl (C=O) groups excluding carboxylic acids is 1. The molecule has 0 unspecified atom stereocenters. The zero-order chi connectivity index (χ0) is 13.1. The molecule has 0 heterocycles. The lowest BCUT2D eigenvalue weighted by atomic mass is 10.2. The van der Waals surface area contributed by atoms with Crippen LogP contribution in [0.15, 0.2) is 0 Å². The van der Waals surface area contributed by atoms with Crippen LogP contribution < -0.4 is 0 Å². The third-order valence-corrected chi connectivity index (χ3v) is 1.27. The lowest BCUT2D eigenvalue weighted by Gasteiger charge is -1.88. The summed E-state index contributed by atoms with van der Waals surface area (Å²) in [4.78, 5) is 39.3. The van der Waals surface area contributed by atoms with Gasteiger partial charge in [0.1, 0.15) is 0 Å². The molecule has 0 radical (unpaired) electrons. The van der Waals surface area contributed by atoms with E-state index in [1.54, 1.807) is 0 Å². The van der Waals surface area contributed by atoms with Gasteiger partial charge in [0.05, 0.1) is 6.42 Å². The van der Waals surface area contributed by atoms with Gasteiger partial charge in [-0.1, -0.05) is 6.92 Å². The van der Waals surface area contributed by atoms with Crippen molar-refractivity contribution in [3.8, 4) is 0 Å². The average Bonchev–Trinajstić information content (AvgIpc) is 2.14. The number of hydrogen-bond acceptors (Lipinski definition) is 4. The van der Waals surface area contributed by atoms with Crippen molar-refractivity contribution >= 4 is 23.7 Å². The van der Waals surface area contributed by atoms with Crippen molar-refractivity contribution in [1.82, 2.24) is 0 Å². The Labute approximate surface area is 91.7 Å². The first-order valence-corrected chi connectivity index (χ1v) is 4.51. The molecule has 7 nitrogen and oxygen atoms in total. The average molecular weight is 234 g/mol. The highest BCUT2D eigenvalue weighted by atomic mass is 16.4. The van der Waals surface area contributed by atoms with Crippen LogP contribution in [-0.2, 0) is 19.2 Å². The standard InChI is InChI=1S/C5H6O5.C4H8O2/c6-3(5(9)10)1-2-4(7)8;1-2-3-4(5)6/h1-2H2,(H,7,8)(H,9,10);2-3H2,1H3,(H,5,6). The zero-order valence-corrected chi connectivity index (χ0v) is 8.80. The van der Waals surface area contributed by atoms with Crippen LogP contribution in [0, 0.1) is 0 Å². The Hall–Kier alpha value is -1.92. The van der Waals surface area contributed by atoms with Crippen molar-refractivity contribution in [2.75, 3.05) is 0 Å². The zero-order valence-electron chi connectivity index (χ0n) is 8.80. The van der Waals surface area contributed by atoms with Crippen molar-refractivity contribution in [2.45, 2.75) is 32.6 Å². The van der Waals surface area contributed by atoms with E-state index in [4.69, 9.17) is 15.3 Å². The van der Waals surface area contributed by atoms with Crippen molar-refractivity contribution in [2.24, 2.45) is 0 Å². The van der Waals surface area contributed by atoms with Gasteiger partial charge < -0.3 is 15.3 Å². The molecule has 0 aliphatic carbocycles.